The van der Waals surface area contributed by atoms with Crippen molar-refractivity contribution in [2.45, 2.75) is 18.9 Å². The van der Waals surface area contributed by atoms with E-state index in [4.69, 9.17) is 5.73 Å². The number of benzene rings is 1. The van der Waals surface area contributed by atoms with Crippen molar-refractivity contribution < 1.29 is 4.79 Å². The Morgan fingerprint density at radius 3 is 2.48 bits per heavy atom. The summed E-state index contributed by atoms with van der Waals surface area (Å²) in [5, 5.41) is 10.6. The molecule has 1 atom stereocenters. The largest absolute Gasteiger partial charge is 0.354 e. The molecule has 1 unspecified atom stereocenters. The molecular weight excluding hydrogens is 405 g/mol. The van der Waals surface area contributed by atoms with Gasteiger partial charge in [0.2, 0.25) is 5.91 Å². The average molecular weight is 425 g/mol. The first-order valence-corrected chi connectivity index (χ1v) is 7.36. The summed E-state index contributed by atoms with van der Waals surface area (Å²) in [6.45, 7) is 2.17. The quantitative estimate of drug-likeness (QED) is 0.767. The summed E-state index contributed by atoms with van der Waals surface area (Å²) in [7, 11) is 1.87. The molecule has 0 aliphatic rings. The van der Waals surface area contributed by atoms with E-state index in [0.717, 1.165) is 15.9 Å². The van der Waals surface area contributed by atoms with Crippen LogP contribution in [0.1, 0.15) is 18.3 Å². The van der Waals surface area contributed by atoms with Crippen molar-refractivity contribution in [1.29, 1.82) is 0 Å². The van der Waals surface area contributed by atoms with Gasteiger partial charge in [-0.1, -0.05) is 28.1 Å². The van der Waals surface area contributed by atoms with Gasteiger partial charge >= 0.3 is 0 Å². The Morgan fingerprint density at radius 2 is 1.96 bits per heavy atom. The van der Waals surface area contributed by atoms with E-state index in [0.29, 0.717) is 13.0 Å². The predicted molar refractivity (Wildman–Crippen MR) is 97.9 cm³/mol. The lowest BCUT2D eigenvalue weighted by Gasteiger charge is -2.24. The molecule has 2 aromatic rings. The molecule has 1 amide bonds. The zero-order chi connectivity index (χ0) is 15.5. The first-order chi connectivity index (χ1) is 9.91. The number of nitrogens with zero attached hydrogens (tertiary/aromatic N) is 3. The Hall–Kier alpha value is -1.15. The number of amides is 1. The van der Waals surface area contributed by atoms with Gasteiger partial charge < -0.3 is 15.6 Å². The van der Waals surface area contributed by atoms with Crippen LogP contribution >= 0.6 is 40.7 Å². The van der Waals surface area contributed by atoms with Gasteiger partial charge in [0.1, 0.15) is 17.7 Å². The fraction of sp³-hybridized carbons (Fsp3) is 0.357. The highest BCUT2D eigenvalue weighted by atomic mass is 79.9. The fourth-order valence-corrected chi connectivity index (χ4v) is 2.20. The molecule has 9 heteroatoms. The minimum Gasteiger partial charge on any atom is -0.354 e. The van der Waals surface area contributed by atoms with Crippen LogP contribution < -0.4 is 11.1 Å². The normalized spacial score (nSPS) is 12.5. The van der Waals surface area contributed by atoms with Crippen molar-refractivity contribution in [3.8, 4) is 0 Å². The number of hydrogen-bond donors (Lipinski definition) is 2. The van der Waals surface area contributed by atoms with Crippen LogP contribution in [0.15, 0.2) is 35.1 Å². The lowest BCUT2D eigenvalue weighted by atomic mass is 9.92. The van der Waals surface area contributed by atoms with Gasteiger partial charge in [0.05, 0.1) is 0 Å². The maximum atomic E-state index is 12.3. The molecule has 6 nitrogen and oxygen atoms in total. The fourth-order valence-electron chi connectivity index (χ4n) is 1.93. The number of nitrogens with two attached hydrogens (primary N) is 1. The van der Waals surface area contributed by atoms with Gasteiger partial charge in [-0.15, -0.1) is 35.0 Å². The highest BCUT2D eigenvalue weighted by Gasteiger charge is 2.30. The SMILES string of the molecule is Cl.Cl.Cn1cnnc1CCNC(=O)C(C)(N)c1ccc(Br)cc1. The number of carbonyl (C=O) groups excluding carboxylic acids is 1. The van der Waals surface area contributed by atoms with E-state index in [2.05, 4.69) is 31.4 Å². The number of halogens is 3. The summed E-state index contributed by atoms with van der Waals surface area (Å²) in [6.07, 6.45) is 2.24. The number of hydrogen-bond acceptors (Lipinski definition) is 4. The molecule has 1 aromatic heterocycles. The zero-order valence-electron chi connectivity index (χ0n) is 12.8. The van der Waals surface area contributed by atoms with Crippen LogP contribution in [0.5, 0.6) is 0 Å². The Kier molecular flexibility index (Phi) is 8.76. The molecule has 23 heavy (non-hydrogen) atoms. The summed E-state index contributed by atoms with van der Waals surface area (Å²) >= 11 is 3.36. The molecule has 2 rings (SSSR count). The lowest BCUT2D eigenvalue weighted by Crippen LogP contribution is -2.49. The van der Waals surface area contributed by atoms with Gasteiger partial charge in [-0.2, -0.15) is 0 Å². The molecule has 0 bridgehead atoms. The van der Waals surface area contributed by atoms with E-state index < -0.39 is 5.54 Å². The van der Waals surface area contributed by atoms with Crippen LogP contribution in [0.25, 0.3) is 0 Å². The van der Waals surface area contributed by atoms with Crippen molar-refractivity contribution in [3.63, 3.8) is 0 Å². The van der Waals surface area contributed by atoms with E-state index in [1.807, 2.05) is 35.9 Å². The van der Waals surface area contributed by atoms with Crippen LogP contribution in [-0.2, 0) is 23.8 Å². The maximum Gasteiger partial charge on any atom is 0.244 e. The third-order valence-electron chi connectivity index (χ3n) is 3.35. The number of aryl methyl sites for hydroxylation is 1. The van der Waals surface area contributed by atoms with Gasteiger partial charge in [-0.25, -0.2) is 0 Å². The Morgan fingerprint density at radius 1 is 1.35 bits per heavy atom. The molecule has 0 aliphatic heterocycles. The van der Waals surface area contributed by atoms with Crippen LogP contribution in [0.4, 0.5) is 0 Å². The Bertz CT molecular complexity index is 630. The van der Waals surface area contributed by atoms with Gasteiger partial charge in [0.25, 0.3) is 0 Å². The van der Waals surface area contributed by atoms with Crippen molar-refractivity contribution in [3.05, 3.63) is 46.5 Å². The van der Waals surface area contributed by atoms with Crippen LogP contribution in [0.3, 0.4) is 0 Å². The number of aromatic nitrogens is 3. The maximum absolute atomic E-state index is 12.3. The second kappa shape index (κ2) is 9.22. The van der Waals surface area contributed by atoms with Crippen molar-refractivity contribution >= 4 is 46.7 Å². The Labute approximate surface area is 156 Å². The summed E-state index contributed by atoms with van der Waals surface area (Å²) in [5.41, 5.74) is 5.86. The number of rotatable bonds is 5. The predicted octanol–water partition coefficient (Wildman–Crippen LogP) is 1.95. The third kappa shape index (κ3) is 5.46. The van der Waals surface area contributed by atoms with Crippen molar-refractivity contribution in [2.75, 3.05) is 6.54 Å². The molecule has 0 radical (unpaired) electrons. The number of carbonyl (C=O) groups is 1. The smallest absolute Gasteiger partial charge is 0.244 e. The monoisotopic (exact) mass is 423 g/mol. The van der Waals surface area contributed by atoms with Crippen LogP contribution in [0, 0.1) is 0 Å². The molecule has 0 saturated carbocycles. The van der Waals surface area contributed by atoms with Gasteiger partial charge in [-0.3, -0.25) is 4.79 Å². The minimum atomic E-state index is -1.07. The van der Waals surface area contributed by atoms with Gasteiger partial charge in [0.15, 0.2) is 0 Å². The second-order valence-electron chi connectivity index (χ2n) is 5.07. The summed E-state index contributed by atoms with van der Waals surface area (Å²) in [4.78, 5) is 12.3. The van der Waals surface area contributed by atoms with Crippen LogP contribution in [0.2, 0.25) is 0 Å². The standard InChI is InChI=1S/C14H18BrN5O.2ClH/c1-14(16,10-3-5-11(15)6-4-10)13(21)17-8-7-12-19-18-9-20(12)2;;/h3-6,9H,7-8,16H2,1-2H3,(H,17,21);2*1H. The third-order valence-corrected chi connectivity index (χ3v) is 3.88. The van der Waals surface area contributed by atoms with E-state index in [9.17, 15) is 4.79 Å². The minimum absolute atomic E-state index is 0. The molecule has 0 saturated heterocycles. The topological polar surface area (TPSA) is 85.8 Å². The lowest BCUT2D eigenvalue weighted by molar-refractivity contribution is -0.126. The van der Waals surface area contributed by atoms with Gasteiger partial charge in [0, 0.05) is 24.5 Å². The highest BCUT2D eigenvalue weighted by Crippen LogP contribution is 2.20. The summed E-state index contributed by atoms with van der Waals surface area (Å²) < 4.78 is 2.77. The summed E-state index contributed by atoms with van der Waals surface area (Å²) in [6, 6.07) is 7.42. The summed E-state index contributed by atoms with van der Waals surface area (Å²) in [5.74, 6) is 0.602. The van der Waals surface area contributed by atoms with E-state index >= 15 is 0 Å². The number of nitrogens with one attached hydrogen (secondary N) is 1. The first-order valence-electron chi connectivity index (χ1n) is 6.57. The molecule has 128 valence electrons. The average Bonchev–Trinajstić information content (AvgIpc) is 2.85. The van der Waals surface area contributed by atoms with E-state index in [1.165, 1.54) is 0 Å². The Balaban J connectivity index is 0.00000242. The molecule has 1 aromatic carbocycles. The molecule has 3 N–H and O–H groups in total. The molecule has 0 fully saturated rings. The highest BCUT2D eigenvalue weighted by molar-refractivity contribution is 9.10. The van der Waals surface area contributed by atoms with E-state index in [-0.39, 0.29) is 30.7 Å². The molecular formula is C14H20BrCl2N5O. The van der Waals surface area contributed by atoms with Crippen LogP contribution in [-0.4, -0.2) is 27.2 Å². The van der Waals surface area contributed by atoms with Crippen molar-refractivity contribution in [1.82, 2.24) is 20.1 Å². The molecule has 0 aliphatic carbocycles. The van der Waals surface area contributed by atoms with Gasteiger partial charge in [-0.05, 0) is 24.6 Å². The molecule has 1 heterocycles. The second-order valence-corrected chi connectivity index (χ2v) is 5.99. The van der Waals surface area contributed by atoms with E-state index in [1.54, 1.807) is 13.3 Å². The molecule has 0 spiro atoms. The zero-order valence-corrected chi connectivity index (χ0v) is 16.0. The van der Waals surface area contributed by atoms with Crippen molar-refractivity contribution in [2.24, 2.45) is 12.8 Å². The first kappa shape index (κ1) is 21.9.